The number of aromatic nitrogens is 1. The molecule has 0 unspecified atom stereocenters. The number of aryl methyl sites for hydroxylation is 1. The van der Waals surface area contributed by atoms with E-state index in [1.165, 1.54) is 5.56 Å². The van der Waals surface area contributed by atoms with Crippen LogP contribution < -0.4 is 0 Å². The number of rotatable bonds is 2. The van der Waals surface area contributed by atoms with E-state index in [0.717, 1.165) is 11.0 Å². The molecule has 0 atom stereocenters. The first kappa shape index (κ1) is 8.47. The SMILES string of the molecule is Cc1ccnc(C=CCBr)c1. The van der Waals surface area contributed by atoms with Gasteiger partial charge in [0, 0.05) is 11.5 Å². The molecule has 0 N–H and O–H groups in total. The molecule has 1 aromatic heterocycles. The van der Waals surface area contributed by atoms with Crippen LogP contribution in [0.5, 0.6) is 0 Å². The average Bonchev–Trinajstić information content (AvgIpc) is 2.01. The van der Waals surface area contributed by atoms with Crippen LogP contribution in [0.3, 0.4) is 0 Å². The van der Waals surface area contributed by atoms with Crippen molar-refractivity contribution in [3.05, 3.63) is 35.7 Å². The van der Waals surface area contributed by atoms with Gasteiger partial charge in [-0.3, -0.25) is 4.98 Å². The minimum absolute atomic E-state index is 0.878. The molecule has 1 heterocycles. The van der Waals surface area contributed by atoms with Gasteiger partial charge in [0.1, 0.15) is 0 Å². The number of hydrogen-bond donors (Lipinski definition) is 0. The summed E-state index contributed by atoms with van der Waals surface area (Å²) in [6.07, 6.45) is 5.85. The Balaban J connectivity index is 2.79. The van der Waals surface area contributed by atoms with Crippen molar-refractivity contribution in [2.45, 2.75) is 6.92 Å². The predicted octanol–water partition coefficient (Wildman–Crippen LogP) is 2.80. The van der Waals surface area contributed by atoms with Gasteiger partial charge in [-0.25, -0.2) is 0 Å². The highest BCUT2D eigenvalue weighted by Crippen LogP contribution is 2.01. The molecule has 1 rings (SSSR count). The van der Waals surface area contributed by atoms with Gasteiger partial charge in [0.2, 0.25) is 0 Å². The maximum absolute atomic E-state index is 4.17. The molecule has 0 aromatic carbocycles. The van der Waals surface area contributed by atoms with Crippen molar-refractivity contribution >= 4 is 22.0 Å². The van der Waals surface area contributed by atoms with Crippen molar-refractivity contribution in [1.82, 2.24) is 4.98 Å². The number of nitrogens with zero attached hydrogens (tertiary/aromatic N) is 1. The second-order valence-corrected chi connectivity index (χ2v) is 2.96. The Bertz CT molecular complexity index is 255. The number of hydrogen-bond acceptors (Lipinski definition) is 1. The fourth-order valence-electron chi connectivity index (χ4n) is 0.816. The van der Waals surface area contributed by atoms with E-state index in [9.17, 15) is 0 Å². The van der Waals surface area contributed by atoms with Crippen LogP contribution in [0.15, 0.2) is 24.4 Å². The third kappa shape index (κ3) is 2.85. The molecule has 0 saturated heterocycles. The number of pyridine rings is 1. The van der Waals surface area contributed by atoms with Crippen molar-refractivity contribution in [2.75, 3.05) is 5.33 Å². The molecule has 0 aliphatic heterocycles. The first-order chi connectivity index (χ1) is 5.33. The lowest BCUT2D eigenvalue weighted by molar-refractivity contribution is 1.26. The lowest BCUT2D eigenvalue weighted by Crippen LogP contribution is -1.80. The molecule has 0 aliphatic carbocycles. The van der Waals surface area contributed by atoms with Crippen molar-refractivity contribution in [3.8, 4) is 0 Å². The Morgan fingerprint density at radius 1 is 1.64 bits per heavy atom. The standard InChI is InChI=1S/C9H10BrN/c1-8-4-6-11-9(7-8)3-2-5-10/h2-4,6-7H,5H2,1H3. The summed E-state index contributed by atoms with van der Waals surface area (Å²) < 4.78 is 0. The zero-order valence-electron chi connectivity index (χ0n) is 6.42. The van der Waals surface area contributed by atoms with Crippen LogP contribution in [0, 0.1) is 6.92 Å². The van der Waals surface area contributed by atoms with Gasteiger partial charge in [0.05, 0.1) is 5.69 Å². The van der Waals surface area contributed by atoms with Crippen molar-refractivity contribution < 1.29 is 0 Å². The van der Waals surface area contributed by atoms with E-state index in [4.69, 9.17) is 0 Å². The number of allylic oxidation sites excluding steroid dienone is 1. The molecule has 0 amide bonds. The molecule has 11 heavy (non-hydrogen) atoms. The molecule has 58 valence electrons. The smallest absolute Gasteiger partial charge is 0.0629 e. The van der Waals surface area contributed by atoms with E-state index in [1.807, 2.05) is 24.4 Å². The second-order valence-electron chi connectivity index (χ2n) is 2.31. The average molecular weight is 212 g/mol. The van der Waals surface area contributed by atoms with Crippen LogP contribution in [0.25, 0.3) is 6.08 Å². The molecule has 0 spiro atoms. The Kier molecular flexibility index (Phi) is 3.30. The fraction of sp³-hybridized carbons (Fsp3) is 0.222. The van der Waals surface area contributed by atoms with E-state index in [0.29, 0.717) is 0 Å². The lowest BCUT2D eigenvalue weighted by atomic mass is 10.2. The summed E-state index contributed by atoms with van der Waals surface area (Å²) in [5, 5.41) is 0.878. The highest BCUT2D eigenvalue weighted by atomic mass is 79.9. The van der Waals surface area contributed by atoms with Crippen molar-refractivity contribution in [1.29, 1.82) is 0 Å². The Labute approximate surface area is 75.3 Å². The van der Waals surface area contributed by atoms with Gasteiger partial charge < -0.3 is 0 Å². The van der Waals surface area contributed by atoms with E-state index in [-0.39, 0.29) is 0 Å². The first-order valence-electron chi connectivity index (χ1n) is 3.48. The summed E-state index contributed by atoms with van der Waals surface area (Å²) in [4.78, 5) is 4.17. The van der Waals surface area contributed by atoms with Crippen LogP contribution in [-0.2, 0) is 0 Å². The molecule has 1 nitrogen and oxygen atoms in total. The molecule has 0 bridgehead atoms. The molecule has 0 saturated carbocycles. The summed E-state index contributed by atoms with van der Waals surface area (Å²) in [7, 11) is 0. The van der Waals surface area contributed by atoms with Gasteiger partial charge in [-0.1, -0.05) is 22.0 Å². The third-order valence-corrected chi connectivity index (χ3v) is 1.69. The Morgan fingerprint density at radius 3 is 3.09 bits per heavy atom. The molecule has 2 heteroatoms. The summed E-state index contributed by atoms with van der Waals surface area (Å²) in [6.45, 7) is 2.06. The molecule has 0 radical (unpaired) electrons. The van der Waals surface area contributed by atoms with Gasteiger partial charge in [0.15, 0.2) is 0 Å². The monoisotopic (exact) mass is 211 g/mol. The molecule has 0 aliphatic rings. The van der Waals surface area contributed by atoms with Crippen LogP contribution in [0.4, 0.5) is 0 Å². The topological polar surface area (TPSA) is 12.9 Å². The maximum atomic E-state index is 4.17. The largest absolute Gasteiger partial charge is 0.257 e. The van der Waals surface area contributed by atoms with Crippen molar-refractivity contribution in [3.63, 3.8) is 0 Å². The third-order valence-electron chi connectivity index (χ3n) is 1.31. The van der Waals surface area contributed by atoms with Crippen molar-refractivity contribution in [2.24, 2.45) is 0 Å². The number of halogens is 1. The van der Waals surface area contributed by atoms with Gasteiger partial charge in [-0.15, -0.1) is 0 Å². The summed E-state index contributed by atoms with van der Waals surface area (Å²) in [6, 6.07) is 4.05. The van der Waals surface area contributed by atoms with E-state index >= 15 is 0 Å². The van der Waals surface area contributed by atoms with Gasteiger partial charge in [0.25, 0.3) is 0 Å². The zero-order chi connectivity index (χ0) is 8.10. The van der Waals surface area contributed by atoms with E-state index in [2.05, 4.69) is 33.9 Å². The van der Waals surface area contributed by atoms with E-state index < -0.39 is 0 Å². The Morgan fingerprint density at radius 2 is 2.45 bits per heavy atom. The maximum Gasteiger partial charge on any atom is 0.0629 e. The van der Waals surface area contributed by atoms with Gasteiger partial charge in [-0.2, -0.15) is 0 Å². The summed E-state index contributed by atoms with van der Waals surface area (Å²) in [5.74, 6) is 0. The number of alkyl halides is 1. The summed E-state index contributed by atoms with van der Waals surface area (Å²) >= 11 is 3.31. The Hall–Kier alpha value is -0.630. The second kappa shape index (κ2) is 4.29. The fourth-order valence-corrected chi connectivity index (χ4v) is 1.00. The highest BCUT2D eigenvalue weighted by Gasteiger charge is 1.86. The zero-order valence-corrected chi connectivity index (χ0v) is 8.01. The predicted molar refractivity (Wildman–Crippen MR) is 51.8 cm³/mol. The summed E-state index contributed by atoms with van der Waals surface area (Å²) in [5.41, 5.74) is 2.26. The van der Waals surface area contributed by atoms with Crippen LogP contribution >= 0.6 is 15.9 Å². The minimum Gasteiger partial charge on any atom is -0.257 e. The molecular weight excluding hydrogens is 202 g/mol. The van der Waals surface area contributed by atoms with E-state index in [1.54, 1.807) is 0 Å². The van der Waals surface area contributed by atoms with Crippen LogP contribution in [0.1, 0.15) is 11.3 Å². The lowest BCUT2D eigenvalue weighted by Gasteiger charge is -1.92. The van der Waals surface area contributed by atoms with Crippen LogP contribution in [0.2, 0.25) is 0 Å². The highest BCUT2D eigenvalue weighted by molar-refractivity contribution is 9.09. The molecular formula is C9H10BrN. The quantitative estimate of drug-likeness (QED) is 0.687. The minimum atomic E-state index is 0.878. The van der Waals surface area contributed by atoms with Gasteiger partial charge >= 0.3 is 0 Å². The molecule has 1 aromatic rings. The normalized spacial score (nSPS) is 10.7. The molecule has 0 fully saturated rings. The van der Waals surface area contributed by atoms with Gasteiger partial charge in [-0.05, 0) is 30.7 Å². The van der Waals surface area contributed by atoms with Crippen LogP contribution in [-0.4, -0.2) is 10.3 Å². The first-order valence-corrected chi connectivity index (χ1v) is 4.60.